The Morgan fingerprint density at radius 2 is 1.67 bits per heavy atom. The van der Waals surface area contributed by atoms with Gasteiger partial charge < -0.3 is 37.3 Å². The molecule has 288 valence electrons. The maximum absolute atomic E-state index is 14.5. The molecule has 0 bridgehead atoms. The molecule has 6 rings (SSSR count). The van der Waals surface area contributed by atoms with Crippen molar-refractivity contribution in [2.45, 2.75) is 79.7 Å². The number of fused-ring (bicyclic) bond motifs is 3. The smallest absolute Gasteiger partial charge is 0.245 e. The second-order valence-corrected chi connectivity index (χ2v) is 15.1. The molecule has 3 aromatic heterocycles. The molecule has 3 amide bonds. The minimum Gasteiger partial charge on any atom is -0.361 e. The van der Waals surface area contributed by atoms with Crippen molar-refractivity contribution in [1.82, 2.24) is 35.8 Å². The molecular weight excluding hydrogens is 734 g/mol. The summed E-state index contributed by atoms with van der Waals surface area (Å²) in [7, 11) is 1.63. The van der Waals surface area contributed by atoms with Gasteiger partial charge in [-0.15, -0.1) is 0 Å². The van der Waals surface area contributed by atoms with Crippen molar-refractivity contribution in [2.24, 2.45) is 11.5 Å². The molecule has 2 aromatic carbocycles. The molecule has 1 aliphatic rings. The third-order valence-electron chi connectivity index (χ3n) is 9.94. The number of pyridine rings is 2. The number of aromatic amines is 1. The van der Waals surface area contributed by atoms with Gasteiger partial charge in [0, 0.05) is 72.7 Å². The number of para-hydroxylation sites is 1. The monoisotopic (exact) mass is 781 g/mol. The molecule has 0 radical (unpaired) electrons. The lowest BCUT2D eigenvalue weighted by Gasteiger charge is -2.32. The van der Waals surface area contributed by atoms with Crippen LogP contribution >= 0.6 is 23.4 Å². The molecule has 4 heterocycles. The van der Waals surface area contributed by atoms with Crippen LogP contribution in [0, 0.1) is 0 Å². The molecular formula is C41H48ClN9O3S. The topological polar surface area (TPSA) is 184 Å². The van der Waals surface area contributed by atoms with Crippen LogP contribution in [0.15, 0.2) is 95.4 Å². The second kappa shape index (κ2) is 19.2. The number of rotatable bonds is 10. The average Bonchev–Trinajstić information content (AvgIpc) is 3.62. The summed E-state index contributed by atoms with van der Waals surface area (Å²) in [5.41, 5.74) is 16.9. The van der Waals surface area contributed by atoms with Gasteiger partial charge in [0.2, 0.25) is 17.7 Å². The number of H-pyrrole nitrogens is 1. The highest BCUT2D eigenvalue weighted by atomic mass is 35.5. The summed E-state index contributed by atoms with van der Waals surface area (Å²) in [5, 5.41) is 11.8. The highest BCUT2D eigenvalue weighted by Gasteiger charge is 2.34. The third kappa shape index (κ3) is 9.91. The number of nitrogens with zero attached hydrogens (tertiary/aromatic N) is 3. The summed E-state index contributed by atoms with van der Waals surface area (Å²) in [6.07, 6.45) is 10.0. The molecule has 1 aliphatic heterocycles. The zero-order valence-electron chi connectivity index (χ0n) is 30.9. The first-order valence-electron chi connectivity index (χ1n) is 18.6. The molecule has 0 spiro atoms. The number of nitrogens with two attached hydrogens (primary N) is 2. The first-order chi connectivity index (χ1) is 26.8. The summed E-state index contributed by atoms with van der Waals surface area (Å²) < 4.78 is 0. The van der Waals surface area contributed by atoms with E-state index < -0.39 is 18.1 Å². The Kier molecular flexibility index (Phi) is 13.9. The number of carbonyl (C=O) groups excluding carboxylic acids is 3. The average molecular weight is 782 g/mol. The lowest BCUT2D eigenvalue weighted by molar-refractivity contribution is -0.142. The summed E-state index contributed by atoms with van der Waals surface area (Å²) in [6, 6.07) is 16.9. The summed E-state index contributed by atoms with van der Waals surface area (Å²) in [5.74, 6) is -1.03. The Bertz CT molecular complexity index is 2100. The number of hydrogen-bond donors (Lipinski definition) is 6. The van der Waals surface area contributed by atoms with Crippen molar-refractivity contribution in [3.63, 3.8) is 0 Å². The Hall–Kier alpha value is -4.79. The van der Waals surface area contributed by atoms with Crippen LogP contribution in [0.1, 0.15) is 48.8 Å². The summed E-state index contributed by atoms with van der Waals surface area (Å²) in [4.78, 5) is 57.6. The number of hydrogen-bond acceptors (Lipinski definition) is 9. The molecule has 3 atom stereocenters. The third-order valence-corrected chi connectivity index (χ3v) is 11.6. The van der Waals surface area contributed by atoms with E-state index in [1.54, 1.807) is 25.6 Å². The SMILES string of the molecule is CN1C(=O)C(CCCCN)NC(=O)C(CCCN)NCc2cccnc2Sc2c(Cl)cc(-c3cccnc3)cc2CNC(=O)C1Cc1c[nH]c2ccccc12. The van der Waals surface area contributed by atoms with E-state index in [0.717, 1.165) is 43.6 Å². The maximum Gasteiger partial charge on any atom is 0.245 e. The van der Waals surface area contributed by atoms with Gasteiger partial charge >= 0.3 is 0 Å². The Morgan fingerprint density at radius 3 is 2.47 bits per heavy atom. The van der Waals surface area contributed by atoms with Gasteiger partial charge in [0.1, 0.15) is 17.1 Å². The van der Waals surface area contributed by atoms with Crippen LogP contribution in [0.25, 0.3) is 22.0 Å². The van der Waals surface area contributed by atoms with Crippen LogP contribution in [-0.4, -0.2) is 75.8 Å². The first-order valence-corrected chi connectivity index (χ1v) is 19.8. The van der Waals surface area contributed by atoms with Crippen molar-refractivity contribution >= 4 is 52.0 Å². The molecule has 14 heteroatoms. The fourth-order valence-corrected chi connectivity index (χ4v) is 8.21. The Morgan fingerprint density at radius 1 is 0.873 bits per heavy atom. The number of unbranched alkanes of at least 4 members (excludes halogenated alkanes) is 1. The van der Waals surface area contributed by atoms with Crippen LogP contribution in [0.3, 0.4) is 0 Å². The largest absolute Gasteiger partial charge is 0.361 e. The zero-order chi connectivity index (χ0) is 38.7. The van der Waals surface area contributed by atoms with Crippen molar-refractivity contribution in [2.75, 3.05) is 20.1 Å². The van der Waals surface area contributed by atoms with E-state index in [1.807, 2.05) is 66.9 Å². The molecule has 0 saturated heterocycles. The zero-order valence-corrected chi connectivity index (χ0v) is 32.5. The maximum atomic E-state index is 14.5. The molecule has 12 nitrogen and oxygen atoms in total. The van der Waals surface area contributed by atoms with Gasteiger partial charge in [-0.2, -0.15) is 0 Å². The number of carbonyl (C=O) groups is 3. The van der Waals surface area contributed by atoms with Crippen LogP contribution in [0.4, 0.5) is 0 Å². The number of amides is 3. The van der Waals surface area contributed by atoms with E-state index in [9.17, 15) is 14.4 Å². The van der Waals surface area contributed by atoms with Crippen LogP contribution < -0.4 is 27.4 Å². The van der Waals surface area contributed by atoms with E-state index in [4.69, 9.17) is 28.1 Å². The van der Waals surface area contributed by atoms with Gasteiger partial charge in [0.15, 0.2) is 0 Å². The van der Waals surface area contributed by atoms with Gasteiger partial charge in [-0.1, -0.05) is 53.7 Å². The summed E-state index contributed by atoms with van der Waals surface area (Å²) in [6.45, 7) is 1.31. The molecule has 0 fully saturated rings. The van der Waals surface area contributed by atoms with E-state index in [1.165, 1.54) is 16.7 Å². The van der Waals surface area contributed by atoms with Crippen LogP contribution in [-0.2, 0) is 33.9 Å². The van der Waals surface area contributed by atoms with Crippen molar-refractivity contribution in [1.29, 1.82) is 0 Å². The van der Waals surface area contributed by atoms with Gasteiger partial charge in [-0.3, -0.25) is 19.4 Å². The van der Waals surface area contributed by atoms with Crippen molar-refractivity contribution < 1.29 is 14.4 Å². The van der Waals surface area contributed by atoms with Crippen molar-refractivity contribution in [3.05, 3.63) is 107 Å². The molecule has 5 aromatic rings. The highest BCUT2D eigenvalue weighted by Crippen LogP contribution is 2.39. The number of aromatic nitrogens is 3. The quantitative estimate of drug-likeness (QED) is 0.107. The van der Waals surface area contributed by atoms with Gasteiger partial charge in [0.05, 0.1) is 11.1 Å². The van der Waals surface area contributed by atoms with Crippen molar-refractivity contribution in [3.8, 4) is 11.1 Å². The minimum absolute atomic E-state index is 0.125. The number of likely N-dealkylation sites (N-methyl/N-ethyl adjacent to an activating group) is 1. The lowest BCUT2D eigenvalue weighted by Crippen LogP contribution is -2.57. The van der Waals surface area contributed by atoms with E-state index >= 15 is 0 Å². The van der Waals surface area contributed by atoms with Crippen LogP contribution in [0.2, 0.25) is 5.02 Å². The fraction of sp³-hybridized carbons (Fsp3) is 0.341. The standard InChI is InChI=1S/C41H48ClN9O3S/c1-51-36(21-29-24-47-33-12-3-2-11-31(29)33)39(53)49-25-30-19-28(26-9-7-17-45-22-26)20-32(42)37(30)55-40-27(10-8-18-46-40)23-48-34(14-6-16-44)38(52)50-35(41(51)54)13-4-5-15-43/h2-3,7-12,17-20,22,24,34-36,47-48H,4-6,13-16,21,23,25,43-44H2,1H3,(H,49,53)(H,50,52). The van der Waals surface area contributed by atoms with Crippen LogP contribution in [0.5, 0.6) is 0 Å². The molecule has 8 N–H and O–H groups in total. The minimum atomic E-state index is -0.919. The Balaban J connectivity index is 1.44. The Labute approximate surface area is 330 Å². The molecule has 0 aliphatic carbocycles. The lowest BCUT2D eigenvalue weighted by atomic mass is 10.0. The molecule has 55 heavy (non-hydrogen) atoms. The fourth-order valence-electron chi connectivity index (χ4n) is 6.86. The van der Waals surface area contributed by atoms with E-state index in [2.05, 4.69) is 25.9 Å². The number of halogens is 1. The molecule has 3 unspecified atom stereocenters. The predicted octanol–water partition coefficient (Wildman–Crippen LogP) is 4.94. The predicted molar refractivity (Wildman–Crippen MR) is 217 cm³/mol. The summed E-state index contributed by atoms with van der Waals surface area (Å²) >= 11 is 8.48. The number of benzene rings is 2. The van der Waals surface area contributed by atoms with E-state index in [-0.39, 0.29) is 30.7 Å². The first kappa shape index (κ1) is 39.9. The highest BCUT2D eigenvalue weighted by molar-refractivity contribution is 7.99. The normalized spacial score (nSPS) is 18.7. The van der Waals surface area contributed by atoms with Gasteiger partial charge in [-0.05, 0) is 97.8 Å². The van der Waals surface area contributed by atoms with E-state index in [0.29, 0.717) is 61.8 Å². The second-order valence-electron chi connectivity index (χ2n) is 13.7. The van der Waals surface area contributed by atoms with Gasteiger partial charge in [-0.25, -0.2) is 4.98 Å². The molecule has 0 saturated carbocycles. The van der Waals surface area contributed by atoms with Gasteiger partial charge in [0.25, 0.3) is 0 Å². The number of nitrogens with one attached hydrogen (secondary N) is 4.